The Balaban J connectivity index is 0. The molecule has 217 valence electrons. The van der Waals surface area contributed by atoms with Crippen molar-refractivity contribution >= 4 is 0 Å². The van der Waals surface area contributed by atoms with Crippen LogP contribution in [0.5, 0.6) is 0 Å². The minimum Gasteiger partial charge on any atom is -0.412 e. The number of rotatable bonds is 0. The third-order valence-corrected chi connectivity index (χ3v) is 0. The van der Waals surface area contributed by atoms with E-state index in [2.05, 4.69) is 0 Å². The van der Waals surface area contributed by atoms with E-state index in [0.717, 1.165) is 0 Å². The second-order valence-corrected chi connectivity index (χ2v) is 0. The average molecular weight is 1440 g/mol. The maximum atomic E-state index is 0. The summed E-state index contributed by atoms with van der Waals surface area (Å²) in [6, 6.07) is 0. The van der Waals surface area contributed by atoms with E-state index in [1.807, 2.05) is 0 Å². The van der Waals surface area contributed by atoms with Gasteiger partial charge >= 0.3 is 0 Å². The second kappa shape index (κ2) is 466. The zero-order valence-electron chi connectivity index (χ0n) is 13.1. The predicted octanol–water partition coefficient (Wildman–Crippen LogP) is -17.3. The zero-order valence-corrected chi connectivity index (χ0v) is 30.1. The van der Waals surface area contributed by atoms with Crippen LogP contribution < -0.4 is 0 Å². The maximum Gasteiger partial charge on any atom is 0 e. The van der Waals surface area contributed by atoms with Gasteiger partial charge in [0, 0.05) is 346 Å². The molecule has 7 radical (unpaired) electrons. The Bertz CT molecular complexity index is 22.7. The molecule has 28 heteroatoms. The van der Waals surface area contributed by atoms with Gasteiger partial charge in [-0.15, -0.1) is 0 Å². The van der Waals surface area contributed by atoms with Crippen molar-refractivity contribution in [2.24, 2.45) is 0 Å². The molecule has 0 aromatic heterocycles. The Labute approximate surface area is 446 Å². The van der Waals surface area contributed by atoms with Gasteiger partial charge in [0.25, 0.3) is 0 Å². The summed E-state index contributed by atoms with van der Waals surface area (Å²) < 4.78 is 0. The molecule has 0 rings (SSSR count). The van der Waals surface area contributed by atoms with Crippen LogP contribution in [-0.2, 0) is 0 Å². The molecule has 42 N–H and O–H groups in total. The minimum absolute atomic E-state index is 0. The van der Waals surface area contributed by atoms with Gasteiger partial charge in [-0.3, -0.25) is 0 Å². The van der Waals surface area contributed by atoms with Crippen molar-refractivity contribution in [2.75, 3.05) is 0 Å². The molecule has 0 saturated heterocycles. The van der Waals surface area contributed by atoms with Crippen LogP contribution in [-0.4, -0.2) is 115 Å². The monoisotopic (exact) mass is 1450 g/mol. The van der Waals surface area contributed by atoms with Crippen LogP contribution >= 0.6 is 0 Å². The molecule has 21 nitrogen and oxygen atoms in total. The van der Waals surface area contributed by atoms with Gasteiger partial charge in [-0.1, -0.05) is 0 Å². The Morgan fingerprint density at radius 2 is 0.0714 bits per heavy atom. The fourth-order valence-corrected chi connectivity index (χ4v) is 0. The molecule has 0 saturated carbocycles. The Morgan fingerprint density at radius 3 is 0.0714 bits per heavy atom. The molecular weight excluding hydrogens is 1400 g/mol. The first-order valence-corrected chi connectivity index (χ1v) is 0. The molecule has 0 aliphatic carbocycles. The van der Waals surface area contributed by atoms with Crippen LogP contribution in [0.1, 0.15) is 0 Å². The first-order chi connectivity index (χ1) is 0. The fourth-order valence-electron chi connectivity index (χ4n) is 0. The van der Waals surface area contributed by atoms with Crippen molar-refractivity contribution in [3.8, 4) is 0 Å². The summed E-state index contributed by atoms with van der Waals surface area (Å²) in [7, 11) is 0. The van der Waals surface area contributed by atoms with Gasteiger partial charge in [-0.2, -0.15) is 0 Å². The van der Waals surface area contributed by atoms with Crippen molar-refractivity contribution < 1.29 is 461 Å². The predicted molar refractivity (Wildman–Crippen MR) is 75.9 cm³/mol. The molecule has 0 spiro atoms. The van der Waals surface area contributed by atoms with E-state index in [4.69, 9.17) is 0 Å². The van der Waals surface area contributed by atoms with Crippen molar-refractivity contribution in [1.82, 2.24) is 0 Å². The summed E-state index contributed by atoms with van der Waals surface area (Å²) >= 11 is 0. The summed E-state index contributed by atoms with van der Waals surface area (Å²) in [5, 5.41) is 0. The van der Waals surface area contributed by atoms with E-state index in [0.29, 0.717) is 0 Å². The van der Waals surface area contributed by atoms with Crippen LogP contribution in [0.25, 0.3) is 0 Å². The van der Waals surface area contributed by atoms with E-state index in [9.17, 15) is 0 Å². The summed E-state index contributed by atoms with van der Waals surface area (Å²) in [6.45, 7) is 0. The molecule has 28 heavy (non-hydrogen) atoms. The smallest absolute Gasteiger partial charge is 0 e. The molecule has 0 aromatic rings. The molecule has 0 fully saturated rings. The fraction of sp³-hybridized carbons (Fsp3) is 0. The van der Waals surface area contributed by atoms with Crippen LogP contribution in [0.15, 0.2) is 0 Å². The zero-order chi connectivity index (χ0) is 0. The van der Waals surface area contributed by atoms with E-state index in [1.54, 1.807) is 0 Å². The first-order valence-electron chi connectivity index (χ1n) is 0. The molecule has 0 heterocycles. The van der Waals surface area contributed by atoms with Crippen LogP contribution in [0, 0.1) is 346 Å². The SMILES string of the molecule is O.O.O.O.O.O.O.O.O.O.O.O.O.O.O.O.O.O.O.O.O.[Eu].[Eu].[Eu].[Eu].[Eu].[Eu].[Eu]. The van der Waals surface area contributed by atoms with E-state index in [1.165, 1.54) is 0 Å². The topological polar surface area (TPSA) is 662 Å². The van der Waals surface area contributed by atoms with Gasteiger partial charge in [0.2, 0.25) is 0 Å². The van der Waals surface area contributed by atoms with Gasteiger partial charge in [-0.25, -0.2) is 0 Å². The largest absolute Gasteiger partial charge is 0.412 e. The van der Waals surface area contributed by atoms with Crippen LogP contribution in [0.2, 0.25) is 0 Å². The van der Waals surface area contributed by atoms with Crippen molar-refractivity contribution in [2.45, 2.75) is 0 Å². The molecule has 0 aliphatic rings. The molecule has 0 bridgehead atoms. The van der Waals surface area contributed by atoms with Gasteiger partial charge in [0.15, 0.2) is 0 Å². The van der Waals surface area contributed by atoms with E-state index < -0.39 is 0 Å². The summed E-state index contributed by atoms with van der Waals surface area (Å²) in [4.78, 5) is 0. The van der Waals surface area contributed by atoms with Crippen LogP contribution in [0.3, 0.4) is 0 Å². The van der Waals surface area contributed by atoms with Crippen LogP contribution in [0.4, 0.5) is 0 Å². The first kappa shape index (κ1) is 505. The Morgan fingerprint density at radius 1 is 0.0714 bits per heavy atom. The third kappa shape index (κ3) is 429. The number of hydrogen-bond acceptors (Lipinski definition) is 0. The second-order valence-electron chi connectivity index (χ2n) is 0. The normalized spacial score (nSPS) is 0. The average Bonchev–Trinajstić information content (AvgIpc) is 0. The summed E-state index contributed by atoms with van der Waals surface area (Å²) in [5.74, 6) is 0. The van der Waals surface area contributed by atoms with Gasteiger partial charge in [0.05, 0.1) is 0 Å². The summed E-state index contributed by atoms with van der Waals surface area (Å²) in [5.41, 5.74) is 0. The van der Waals surface area contributed by atoms with Crippen molar-refractivity contribution in [3.05, 3.63) is 0 Å². The Kier molecular flexibility index (Phi) is 8400. The molecule has 0 unspecified atom stereocenters. The summed E-state index contributed by atoms with van der Waals surface area (Å²) in [6.07, 6.45) is 0. The maximum absolute atomic E-state index is 0. The van der Waals surface area contributed by atoms with E-state index in [-0.39, 0.29) is 461 Å². The number of hydrogen-bond donors (Lipinski definition) is 0. The molecule has 0 aromatic carbocycles. The molecule has 0 aliphatic heterocycles. The van der Waals surface area contributed by atoms with Crippen molar-refractivity contribution in [3.63, 3.8) is 0 Å². The Hall–Kier alpha value is 10.3. The molecule has 0 atom stereocenters. The van der Waals surface area contributed by atoms with Gasteiger partial charge in [-0.05, 0) is 0 Å². The minimum atomic E-state index is 0. The van der Waals surface area contributed by atoms with Gasteiger partial charge in [0.1, 0.15) is 0 Å². The van der Waals surface area contributed by atoms with E-state index >= 15 is 0 Å². The van der Waals surface area contributed by atoms with Gasteiger partial charge < -0.3 is 115 Å². The van der Waals surface area contributed by atoms with Crippen molar-refractivity contribution in [1.29, 1.82) is 0 Å². The quantitative estimate of drug-likeness (QED) is 0.218. The molecule has 0 amide bonds. The molecular formula is H42Eu7O21. The third-order valence-electron chi connectivity index (χ3n) is 0. The standard InChI is InChI=1S/7Eu.21H2O/h;;;;;;;21*1H2.